The Bertz CT molecular complexity index is 410. The highest BCUT2D eigenvalue weighted by molar-refractivity contribution is 6.35. The lowest BCUT2D eigenvalue weighted by molar-refractivity contribution is -0.533. The van der Waals surface area contributed by atoms with Crippen molar-refractivity contribution >= 4 is 17.6 Å². The Balaban J connectivity index is 2.31. The SMILES string of the molecule is CC1=[N+](CCOCC(=O)OC(C)(C)C)CCN(C)C1=O. The summed E-state index contributed by atoms with van der Waals surface area (Å²) < 4.78 is 12.4. The van der Waals surface area contributed by atoms with Gasteiger partial charge in [0.25, 0.3) is 0 Å². The van der Waals surface area contributed by atoms with Gasteiger partial charge >= 0.3 is 11.9 Å². The summed E-state index contributed by atoms with van der Waals surface area (Å²) in [4.78, 5) is 24.9. The van der Waals surface area contributed by atoms with E-state index in [4.69, 9.17) is 9.47 Å². The normalized spacial score (nSPS) is 16.6. The number of hydrogen-bond donors (Lipinski definition) is 0. The van der Waals surface area contributed by atoms with E-state index >= 15 is 0 Å². The first kappa shape index (κ1) is 16.6. The quantitative estimate of drug-likeness (QED) is 0.414. The minimum atomic E-state index is -0.491. The van der Waals surface area contributed by atoms with Gasteiger partial charge in [-0.1, -0.05) is 0 Å². The molecule has 0 fully saturated rings. The first-order valence-electron chi connectivity index (χ1n) is 6.84. The van der Waals surface area contributed by atoms with Crippen LogP contribution >= 0.6 is 0 Å². The monoisotopic (exact) mass is 285 g/mol. The molecule has 1 amide bonds. The molecule has 6 nitrogen and oxygen atoms in total. The Labute approximate surface area is 120 Å². The minimum Gasteiger partial charge on any atom is -0.458 e. The van der Waals surface area contributed by atoms with Gasteiger partial charge in [0, 0.05) is 14.0 Å². The molecule has 6 heteroatoms. The summed E-state index contributed by atoms with van der Waals surface area (Å²) >= 11 is 0. The van der Waals surface area contributed by atoms with Crippen LogP contribution < -0.4 is 0 Å². The van der Waals surface area contributed by atoms with E-state index in [0.717, 1.165) is 12.3 Å². The van der Waals surface area contributed by atoms with Gasteiger partial charge in [-0.2, -0.15) is 0 Å². The van der Waals surface area contributed by atoms with Gasteiger partial charge in [-0.05, 0) is 20.8 Å². The number of hydrogen-bond acceptors (Lipinski definition) is 4. The maximum absolute atomic E-state index is 11.8. The molecule has 0 radical (unpaired) electrons. The van der Waals surface area contributed by atoms with Crippen molar-refractivity contribution in [2.24, 2.45) is 0 Å². The minimum absolute atomic E-state index is 0.0448. The topological polar surface area (TPSA) is 58.9 Å². The van der Waals surface area contributed by atoms with Crippen molar-refractivity contribution in [2.75, 3.05) is 39.9 Å². The Hall–Kier alpha value is -1.43. The fraction of sp³-hybridized carbons (Fsp3) is 0.786. The molecule has 0 aromatic rings. The Morgan fingerprint density at radius 3 is 2.65 bits per heavy atom. The number of carbonyl (C=O) groups is 2. The van der Waals surface area contributed by atoms with Gasteiger partial charge in [-0.25, -0.2) is 9.37 Å². The van der Waals surface area contributed by atoms with E-state index in [2.05, 4.69) is 0 Å². The van der Waals surface area contributed by atoms with Gasteiger partial charge in [-0.3, -0.25) is 4.79 Å². The van der Waals surface area contributed by atoms with Crippen LogP contribution in [-0.2, 0) is 19.1 Å². The Kier molecular flexibility index (Phi) is 5.68. The predicted octanol–water partition coefficient (Wildman–Crippen LogP) is 0.290. The largest absolute Gasteiger partial charge is 0.458 e. The fourth-order valence-electron chi connectivity index (χ4n) is 1.93. The maximum atomic E-state index is 11.8. The molecule has 0 aromatic heterocycles. The fourth-order valence-corrected chi connectivity index (χ4v) is 1.93. The average molecular weight is 285 g/mol. The predicted molar refractivity (Wildman–Crippen MR) is 75.0 cm³/mol. The van der Waals surface area contributed by atoms with Crippen LogP contribution in [0.3, 0.4) is 0 Å². The van der Waals surface area contributed by atoms with E-state index in [-0.39, 0.29) is 18.5 Å². The molecule has 0 atom stereocenters. The Morgan fingerprint density at radius 2 is 2.05 bits per heavy atom. The zero-order valence-corrected chi connectivity index (χ0v) is 13.1. The molecule has 0 saturated carbocycles. The molecule has 0 saturated heterocycles. The van der Waals surface area contributed by atoms with E-state index in [1.165, 1.54) is 0 Å². The highest BCUT2D eigenvalue weighted by atomic mass is 16.6. The highest BCUT2D eigenvalue weighted by Crippen LogP contribution is 2.06. The summed E-state index contributed by atoms with van der Waals surface area (Å²) in [6, 6.07) is 0. The number of esters is 1. The third-order valence-corrected chi connectivity index (χ3v) is 2.98. The summed E-state index contributed by atoms with van der Waals surface area (Å²) in [7, 11) is 1.79. The number of ether oxygens (including phenoxy) is 2. The third-order valence-electron chi connectivity index (χ3n) is 2.98. The van der Waals surface area contributed by atoms with E-state index in [0.29, 0.717) is 19.7 Å². The molecular weight excluding hydrogens is 260 g/mol. The number of nitrogens with zero attached hydrogens (tertiary/aromatic N) is 2. The molecule has 0 unspecified atom stereocenters. The number of amides is 1. The summed E-state index contributed by atoms with van der Waals surface area (Å²) in [6.45, 7) is 9.72. The summed E-state index contributed by atoms with van der Waals surface area (Å²) in [5.41, 5.74) is 0.230. The van der Waals surface area contributed by atoms with Crippen LogP contribution in [0.25, 0.3) is 0 Å². The lowest BCUT2D eigenvalue weighted by atomic mass is 10.2. The second-order valence-corrected chi connectivity index (χ2v) is 5.94. The van der Waals surface area contributed by atoms with Crippen molar-refractivity contribution in [1.29, 1.82) is 0 Å². The van der Waals surface area contributed by atoms with Gasteiger partial charge < -0.3 is 14.4 Å². The molecule has 0 N–H and O–H groups in total. The van der Waals surface area contributed by atoms with Crippen molar-refractivity contribution in [3.8, 4) is 0 Å². The Morgan fingerprint density at radius 1 is 1.40 bits per heavy atom. The summed E-state index contributed by atoms with van der Waals surface area (Å²) in [5, 5.41) is 0. The van der Waals surface area contributed by atoms with Gasteiger partial charge in [0.1, 0.15) is 18.8 Å². The number of rotatable bonds is 5. The van der Waals surface area contributed by atoms with E-state index in [9.17, 15) is 9.59 Å². The van der Waals surface area contributed by atoms with Crippen LogP contribution in [0.2, 0.25) is 0 Å². The molecule has 1 aliphatic rings. The standard InChI is InChI=1S/C14H25N2O4/c1-11-13(18)15(5)6-7-16(11)8-9-19-10-12(17)20-14(2,3)4/h6-10H2,1-5H3/q+1. The highest BCUT2D eigenvalue weighted by Gasteiger charge is 2.27. The van der Waals surface area contributed by atoms with Crippen molar-refractivity contribution in [3.63, 3.8) is 0 Å². The molecular formula is C14H25N2O4+. The smallest absolute Gasteiger partial charge is 0.332 e. The molecule has 0 bridgehead atoms. The number of carbonyl (C=O) groups excluding carboxylic acids is 2. The van der Waals surface area contributed by atoms with Crippen molar-refractivity contribution in [1.82, 2.24) is 4.90 Å². The van der Waals surface area contributed by atoms with Crippen LogP contribution in [0, 0.1) is 0 Å². The molecule has 1 heterocycles. The third kappa shape index (κ3) is 5.28. The van der Waals surface area contributed by atoms with Gasteiger partial charge in [-0.15, -0.1) is 0 Å². The average Bonchev–Trinajstić information content (AvgIpc) is 2.32. The molecule has 0 spiro atoms. The van der Waals surface area contributed by atoms with E-state index in [1.54, 1.807) is 11.9 Å². The lowest BCUT2D eigenvalue weighted by Gasteiger charge is -2.21. The van der Waals surface area contributed by atoms with Crippen LogP contribution in [0.5, 0.6) is 0 Å². The van der Waals surface area contributed by atoms with E-state index < -0.39 is 5.60 Å². The zero-order valence-electron chi connectivity index (χ0n) is 13.1. The van der Waals surface area contributed by atoms with Crippen LogP contribution in [0.15, 0.2) is 0 Å². The van der Waals surface area contributed by atoms with Crippen molar-refractivity contribution in [3.05, 3.63) is 0 Å². The summed E-state index contributed by atoms with van der Waals surface area (Å²) in [6.07, 6.45) is 0. The molecule has 114 valence electrons. The van der Waals surface area contributed by atoms with Crippen molar-refractivity contribution < 1.29 is 23.6 Å². The lowest BCUT2D eigenvalue weighted by Crippen LogP contribution is -2.47. The molecule has 0 aromatic carbocycles. The van der Waals surface area contributed by atoms with Gasteiger partial charge in [0.05, 0.1) is 6.54 Å². The number of likely N-dealkylation sites (N-methyl/N-ethyl adjacent to an activating group) is 1. The van der Waals surface area contributed by atoms with Crippen molar-refractivity contribution in [2.45, 2.75) is 33.3 Å². The van der Waals surface area contributed by atoms with Crippen LogP contribution in [0.1, 0.15) is 27.7 Å². The van der Waals surface area contributed by atoms with Crippen LogP contribution in [-0.4, -0.2) is 72.6 Å². The molecule has 20 heavy (non-hydrogen) atoms. The van der Waals surface area contributed by atoms with Gasteiger partial charge in [0.2, 0.25) is 5.71 Å². The molecule has 1 rings (SSSR count). The molecule has 0 aliphatic carbocycles. The molecule has 1 aliphatic heterocycles. The zero-order chi connectivity index (χ0) is 15.3. The van der Waals surface area contributed by atoms with Gasteiger partial charge in [0.15, 0.2) is 13.1 Å². The first-order chi connectivity index (χ1) is 9.20. The second kappa shape index (κ2) is 6.83. The van der Waals surface area contributed by atoms with E-state index in [1.807, 2.05) is 32.3 Å². The van der Waals surface area contributed by atoms with Crippen LogP contribution in [0.4, 0.5) is 0 Å². The summed E-state index contributed by atoms with van der Waals surface area (Å²) in [5.74, 6) is -0.323. The maximum Gasteiger partial charge on any atom is 0.332 e. The first-order valence-corrected chi connectivity index (χ1v) is 6.84. The second-order valence-electron chi connectivity index (χ2n) is 5.94.